The summed E-state index contributed by atoms with van der Waals surface area (Å²) < 4.78 is 13.0. The molecule has 1 heterocycles. The third-order valence-corrected chi connectivity index (χ3v) is 3.39. The molecular formula is C17H14FNO. The van der Waals surface area contributed by atoms with Gasteiger partial charge in [-0.05, 0) is 36.8 Å². The molecule has 0 radical (unpaired) electrons. The first kappa shape index (κ1) is 12.6. The molecule has 3 heteroatoms. The molecule has 0 spiro atoms. The summed E-state index contributed by atoms with van der Waals surface area (Å²) in [6.07, 6.45) is 2.29. The fourth-order valence-corrected chi connectivity index (χ4v) is 2.35. The van der Waals surface area contributed by atoms with Crippen LogP contribution in [0.1, 0.15) is 17.5 Å². The predicted molar refractivity (Wildman–Crippen MR) is 77.7 cm³/mol. The molecule has 0 fully saturated rings. The first-order chi connectivity index (χ1) is 9.65. The molecule has 1 aliphatic heterocycles. The Bertz CT molecular complexity index is 671. The van der Waals surface area contributed by atoms with Crippen LogP contribution in [0.3, 0.4) is 0 Å². The van der Waals surface area contributed by atoms with E-state index < -0.39 is 0 Å². The fraction of sp³-hybridized carbons (Fsp3) is 0.118. The summed E-state index contributed by atoms with van der Waals surface area (Å²) in [5, 5.41) is 0. The van der Waals surface area contributed by atoms with E-state index in [4.69, 9.17) is 0 Å². The van der Waals surface area contributed by atoms with Crippen LogP contribution in [0.2, 0.25) is 0 Å². The highest BCUT2D eigenvalue weighted by molar-refractivity contribution is 6.10. The van der Waals surface area contributed by atoms with Gasteiger partial charge in [-0.15, -0.1) is 0 Å². The fourth-order valence-electron chi connectivity index (χ4n) is 2.35. The van der Waals surface area contributed by atoms with Crippen molar-refractivity contribution in [2.75, 3.05) is 4.90 Å². The SMILES string of the molecule is Cc1ccc(C2=CCC(=O)N2c2ccc(F)cc2)cc1. The number of halogens is 1. The average Bonchev–Trinajstić information content (AvgIpc) is 2.83. The topological polar surface area (TPSA) is 20.3 Å². The minimum absolute atomic E-state index is 0.00665. The third-order valence-electron chi connectivity index (χ3n) is 3.39. The number of carbonyl (C=O) groups excluding carboxylic acids is 1. The number of nitrogens with zero attached hydrogens (tertiary/aromatic N) is 1. The van der Waals surface area contributed by atoms with Crippen molar-refractivity contribution < 1.29 is 9.18 Å². The van der Waals surface area contributed by atoms with Gasteiger partial charge in [0.25, 0.3) is 0 Å². The lowest BCUT2D eigenvalue weighted by molar-refractivity contribution is -0.116. The summed E-state index contributed by atoms with van der Waals surface area (Å²) in [6.45, 7) is 2.02. The zero-order valence-electron chi connectivity index (χ0n) is 11.1. The van der Waals surface area contributed by atoms with Gasteiger partial charge in [0.05, 0.1) is 5.70 Å². The molecule has 0 bridgehead atoms. The molecule has 1 aliphatic rings. The van der Waals surface area contributed by atoms with E-state index in [1.165, 1.54) is 17.7 Å². The van der Waals surface area contributed by atoms with Crippen LogP contribution in [0.4, 0.5) is 10.1 Å². The van der Waals surface area contributed by atoms with Crippen LogP contribution >= 0.6 is 0 Å². The molecule has 0 saturated heterocycles. The summed E-state index contributed by atoms with van der Waals surface area (Å²) in [5.41, 5.74) is 3.72. The smallest absolute Gasteiger partial charge is 0.235 e. The number of hydrogen-bond donors (Lipinski definition) is 0. The van der Waals surface area contributed by atoms with Crippen LogP contribution in [-0.4, -0.2) is 5.91 Å². The van der Waals surface area contributed by atoms with Gasteiger partial charge >= 0.3 is 0 Å². The number of benzene rings is 2. The lowest BCUT2D eigenvalue weighted by Crippen LogP contribution is -2.23. The number of rotatable bonds is 2. The second kappa shape index (κ2) is 4.93. The Morgan fingerprint density at radius 1 is 1.00 bits per heavy atom. The lowest BCUT2D eigenvalue weighted by Gasteiger charge is -2.21. The molecule has 0 aliphatic carbocycles. The molecule has 0 N–H and O–H groups in total. The van der Waals surface area contributed by atoms with Gasteiger partial charge < -0.3 is 0 Å². The van der Waals surface area contributed by atoms with Gasteiger partial charge in [0.15, 0.2) is 0 Å². The molecule has 3 rings (SSSR count). The van der Waals surface area contributed by atoms with Crippen LogP contribution in [0, 0.1) is 12.7 Å². The first-order valence-electron chi connectivity index (χ1n) is 6.51. The molecule has 20 heavy (non-hydrogen) atoms. The molecule has 2 aromatic rings. The maximum Gasteiger partial charge on any atom is 0.235 e. The second-order valence-electron chi connectivity index (χ2n) is 4.87. The van der Waals surface area contributed by atoms with E-state index in [1.807, 2.05) is 37.3 Å². The second-order valence-corrected chi connectivity index (χ2v) is 4.87. The zero-order chi connectivity index (χ0) is 14.1. The molecule has 0 saturated carbocycles. The van der Waals surface area contributed by atoms with Crippen molar-refractivity contribution in [1.29, 1.82) is 0 Å². The summed E-state index contributed by atoms with van der Waals surface area (Å²) in [6, 6.07) is 14.0. The molecule has 100 valence electrons. The van der Waals surface area contributed by atoms with Gasteiger partial charge in [0.2, 0.25) is 5.91 Å². The number of hydrogen-bond acceptors (Lipinski definition) is 1. The Balaban J connectivity index is 2.00. The van der Waals surface area contributed by atoms with Crippen molar-refractivity contribution in [1.82, 2.24) is 0 Å². The molecule has 0 atom stereocenters. The third kappa shape index (κ3) is 2.23. The van der Waals surface area contributed by atoms with Gasteiger partial charge in [-0.3, -0.25) is 9.69 Å². The summed E-state index contributed by atoms with van der Waals surface area (Å²) >= 11 is 0. The van der Waals surface area contributed by atoms with Crippen molar-refractivity contribution in [3.8, 4) is 0 Å². The lowest BCUT2D eigenvalue weighted by atomic mass is 10.1. The van der Waals surface area contributed by atoms with E-state index in [9.17, 15) is 9.18 Å². The van der Waals surface area contributed by atoms with Crippen LogP contribution in [0.15, 0.2) is 54.6 Å². The van der Waals surface area contributed by atoms with Gasteiger partial charge in [-0.2, -0.15) is 0 Å². The quantitative estimate of drug-likeness (QED) is 0.807. The van der Waals surface area contributed by atoms with Crippen molar-refractivity contribution >= 4 is 17.3 Å². The van der Waals surface area contributed by atoms with Crippen molar-refractivity contribution in [2.45, 2.75) is 13.3 Å². The molecule has 2 aromatic carbocycles. The van der Waals surface area contributed by atoms with E-state index in [0.717, 1.165) is 11.3 Å². The van der Waals surface area contributed by atoms with Crippen LogP contribution in [-0.2, 0) is 4.79 Å². The maximum absolute atomic E-state index is 13.0. The van der Waals surface area contributed by atoms with E-state index in [2.05, 4.69) is 0 Å². The minimum atomic E-state index is -0.304. The van der Waals surface area contributed by atoms with Crippen molar-refractivity contribution in [3.05, 3.63) is 71.6 Å². The van der Waals surface area contributed by atoms with Gasteiger partial charge in [-0.1, -0.05) is 35.9 Å². The van der Waals surface area contributed by atoms with Crippen molar-refractivity contribution in [3.63, 3.8) is 0 Å². The maximum atomic E-state index is 13.0. The average molecular weight is 267 g/mol. The molecular weight excluding hydrogens is 253 g/mol. The van der Waals surface area contributed by atoms with E-state index in [-0.39, 0.29) is 11.7 Å². The Morgan fingerprint density at radius 2 is 1.65 bits per heavy atom. The number of aryl methyl sites for hydroxylation is 1. The van der Waals surface area contributed by atoms with Gasteiger partial charge in [-0.25, -0.2) is 4.39 Å². The Kier molecular flexibility index (Phi) is 3.11. The summed E-state index contributed by atoms with van der Waals surface area (Å²) in [7, 11) is 0. The van der Waals surface area contributed by atoms with Gasteiger partial charge in [0.1, 0.15) is 5.82 Å². The zero-order valence-corrected chi connectivity index (χ0v) is 11.1. The Hall–Kier alpha value is -2.42. The Labute approximate surface area is 117 Å². The van der Waals surface area contributed by atoms with Crippen LogP contribution in [0.25, 0.3) is 5.70 Å². The number of amides is 1. The van der Waals surface area contributed by atoms with Gasteiger partial charge in [0, 0.05) is 12.1 Å². The van der Waals surface area contributed by atoms with E-state index in [0.29, 0.717) is 12.1 Å². The Morgan fingerprint density at radius 3 is 2.30 bits per heavy atom. The number of anilines is 1. The molecule has 1 amide bonds. The van der Waals surface area contributed by atoms with Crippen LogP contribution < -0.4 is 4.90 Å². The molecule has 0 aromatic heterocycles. The first-order valence-corrected chi connectivity index (χ1v) is 6.51. The minimum Gasteiger partial charge on any atom is -0.281 e. The van der Waals surface area contributed by atoms with Crippen LogP contribution in [0.5, 0.6) is 0 Å². The van der Waals surface area contributed by atoms with E-state index >= 15 is 0 Å². The largest absolute Gasteiger partial charge is 0.281 e. The molecule has 2 nitrogen and oxygen atoms in total. The summed E-state index contributed by atoms with van der Waals surface area (Å²) in [4.78, 5) is 13.7. The standard InChI is InChI=1S/C17H14FNO/c1-12-2-4-13(5-3-12)16-10-11-17(20)19(16)15-8-6-14(18)7-9-15/h2-10H,11H2,1H3. The normalized spacial score (nSPS) is 14.6. The monoisotopic (exact) mass is 267 g/mol. The van der Waals surface area contributed by atoms with E-state index in [1.54, 1.807) is 17.0 Å². The highest BCUT2D eigenvalue weighted by Gasteiger charge is 2.26. The highest BCUT2D eigenvalue weighted by atomic mass is 19.1. The highest BCUT2D eigenvalue weighted by Crippen LogP contribution is 2.32. The predicted octanol–water partition coefficient (Wildman–Crippen LogP) is 3.91. The summed E-state index contributed by atoms with van der Waals surface area (Å²) in [5.74, 6) is -0.298. The van der Waals surface area contributed by atoms with Crippen molar-refractivity contribution in [2.24, 2.45) is 0 Å². The number of carbonyl (C=O) groups is 1. The molecule has 0 unspecified atom stereocenters.